The van der Waals surface area contributed by atoms with Gasteiger partial charge in [0.1, 0.15) is 5.75 Å². The maximum absolute atomic E-state index is 12.6. The lowest BCUT2D eigenvalue weighted by atomic mass is 10.1. The number of aromatic hydroxyl groups is 1. The van der Waals surface area contributed by atoms with E-state index in [9.17, 15) is 14.7 Å². The summed E-state index contributed by atoms with van der Waals surface area (Å²) < 4.78 is 0. The Balaban J connectivity index is 1.96. The molecule has 0 aromatic heterocycles. The van der Waals surface area contributed by atoms with Gasteiger partial charge in [-0.25, -0.2) is 4.90 Å². The monoisotopic (exact) mass is 289 g/mol. The van der Waals surface area contributed by atoms with Crippen LogP contribution in [0.4, 0.5) is 5.69 Å². The second-order valence-electron chi connectivity index (χ2n) is 5.17. The van der Waals surface area contributed by atoms with Gasteiger partial charge in [0.2, 0.25) is 0 Å². The van der Waals surface area contributed by atoms with Crippen molar-refractivity contribution in [2.45, 2.75) is 0 Å². The molecule has 0 spiro atoms. The van der Waals surface area contributed by atoms with E-state index >= 15 is 0 Å². The van der Waals surface area contributed by atoms with Crippen LogP contribution in [0, 0.1) is 0 Å². The van der Waals surface area contributed by atoms with Crippen molar-refractivity contribution in [2.75, 3.05) is 4.90 Å². The summed E-state index contributed by atoms with van der Waals surface area (Å²) in [5.41, 5.74) is 1.30. The zero-order valence-electron chi connectivity index (χ0n) is 11.5. The van der Waals surface area contributed by atoms with E-state index in [1.165, 1.54) is 4.90 Å². The molecule has 0 aliphatic carbocycles. The number of phenolic OH excluding ortho intramolecular Hbond substituents is 1. The van der Waals surface area contributed by atoms with Crippen molar-refractivity contribution in [1.29, 1.82) is 0 Å². The highest BCUT2D eigenvalue weighted by atomic mass is 16.3. The summed E-state index contributed by atoms with van der Waals surface area (Å²) in [7, 11) is 0. The van der Waals surface area contributed by atoms with Gasteiger partial charge in [-0.2, -0.15) is 0 Å². The standard InChI is InChI=1S/C18H11NO3/c20-12-9-8-11-4-3-7-16(15(11)10-12)19-17(21)13-5-1-2-6-14(13)18(19)22/h1-10,20H. The van der Waals surface area contributed by atoms with Gasteiger partial charge in [0.05, 0.1) is 16.8 Å². The SMILES string of the molecule is O=C1c2ccccc2C(=O)N1c1cccc2ccc(O)cc12. The predicted octanol–water partition coefficient (Wildman–Crippen LogP) is 3.35. The van der Waals surface area contributed by atoms with Gasteiger partial charge < -0.3 is 5.11 Å². The first-order chi connectivity index (χ1) is 10.7. The van der Waals surface area contributed by atoms with Gasteiger partial charge >= 0.3 is 0 Å². The van der Waals surface area contributed by atoms with E-state index in [0.29, 0.717) is 22.2 Å². The maximum Gasteiger partial charge on any atom is 0.266 e. The molecule has 3 aromatic rings. The Kier molecular flexibility index (Phi) is 2.53. The minimum absolute atomic E-state index is 0.0940. The summed E-state index contributed by atoms with van der Waals surface area (Å²) in [5.74, 6) is -0.579. The molecule has 1 heterocycles. The summed E-state index contributed by atoms with van der Waals surface area (Å²) in [6.07, 6.45) is 0. The molecule has 4 rings (SSSR count). The van der Waals surface area contributed by atoms with Crippen LogP contribution in [-0.2, 0) is 0 Å². The molecule has 4 nitrogen and oxygen atoms in total. The molecule has 0 atom stereocenters. The van der Waals surface area contributed by atoms with Crippen molar-refractivity contribution in [3.05, 3.63) is 71.8 Å². The van der Waals surface area contributed by atoms with Crippen molar-refractivity contribution in [3.8, 4) is 5.75 Å². The van der Waals surface area contributed by atoms with E-state index < -0.39 is 0 Å². The van der Waals surface area contributed by atoms with E-state index in [0.717, 1.165) is 5.39 Å². The molecule has 0 unspecified atom stereocenters. The maximum atomic E-state index is 12.6. The van der Waals surface area contributed by atoms with E-state index in [2.05, 4.69) is 0 Å². The lowest BCUT2D eigenvalue weighted by molar-refractivity contribution is 0.0926. The number of nitrogens with zero attached hydrogens (tertiary/aromatic N) is 1. The Bertz CT molecular complexity index is 911. The summed E-state index contributed by atoms with van der Waals surface area (Å²) in [4.78, 5) is 26.3. The van der Waals surface area contributed by atoms with Crippen molar-refractivity contribution < 1.29 is 14.7 Å². The Morgan fingerprint density at radius 3 is 2.14 bits per heavy atom. The molecule has 0 fully saturated rings. The van der Waals surface area contributed by atoms with Crippen molar-refractivity contribution in [1.82, 2.24) is 0 Å². The molecule has 0 saturated heterocycles. The molecule has 0 saturated carbocycles. The normalized spacial score (nSPS) is 13.7. The molecule has 4 heteroatoms. The van der Waals surface area contributed by atoms with Gasteiger partial charge in [-0.15, -0.1) is 0 Å². The number of amides is 2. The highest BCUT2D eigenvalue weighted by Crippen LogP contribution is 2.34. The lowest BCUT2D eigenvalue weighted by Gasteiger charge is -2.16. The first-order valence-corrected chi connectivity index (χ1v) is 6.86. The number of hydrogen-bond donors (Lipinski definition) is 1. The average Bonchev–Trinajstić information content (AvgIpc) is 2.79. The number of anilines is 1. The van der Waals surface area contributed by atoms with Crippen LogP contribution in [0.3, 0.4) is 0 Å². The number of carbonyl (C=O) groups excluding carboxylic acids is 2. The molecular weight excluding hydrogens is 278 g/mol. The molecule has 3 aromatic carbocycles. The zero-order valence-corrected chi connectivity index (χ0v) is 11.5. The van der Waals surface area contributed by atoms with E-state index in [4.69, 9.17) is 0 Å². The molecule has 22 heavy (non-hydrogen) atoms. The van der Waals surface area contributed by atoms with Crippen LogP contribution in [0.5, 0.6) is 5.75 Å². The number of carbonyl (C=O) groups is 2. The quantitative estimate of drug-likeness (QED) is 0.699. The number of hydrogen-bond acceptors (Lipinski definition) is 3. The molecule has 0 bridgehead atoms. The third-order valence-electron chi connectivity index (χ3n) is 3.88. The fourth-order valence-electron chi connectivity index (χ4n) is 2.85. The van der Waals surface area contributed by atoms with Gasteiger partial charge in [0.15, 0.2) is 0 Å². The van der Waals surface area contributed by atoms with Crippen LogP contribution >= 0.6 is 0 Å². The highest BCUT2D eigenvalue weighted by Gasteiger charge is 2.36. The Morgan fingerprint density at radius 1 is 0.773 bits per heavy atom. The fraction of sp³-hybridized carbons (Fsp3) is 0. The minimum Gasteiger partial charge on any atom is -0.508 e. The molecule has 1 aliphatic rings. The summed E-state index contributed by atoms with van der Waals surface area (Å²) in [5, 5.41) is 11.2. The predicted molar refractivity (Wildman–Crippen MR) is 83.2 cm³/mol. The van der Waals surface area contributed by atoms with Gasteiger partial charge in [-0.1, -0.05) is 30.3 Å². The second-order valence-corrected chi connectivity index (χ2v) is 5.17. The zero-order chi connectivity index (χ0) is 15.3. The number of fused-ring (bicyclic) bond motifs is 2. The lowest BCUT2D eigenvalue weighted by Crippen LogP contribution is -2.29. The van der Waals surface area contributed by atoms with Crippen LogP contribution in [-0.4, -0.2) is 16.9 Å². The van der Waals surface area contributed by atoms with Crippen molar-refractivity contribution in [3.63, 3.8) is 0 Å². The second kappa shape index (κ2) is 4.43. The number of benzene rings is 3. The molecule has 1 N–H and O–H groups in total. The summed E-state index contributed by atoms with van der Waals surface area (Å²) >= 11 is 0. The van der Waals surface area contributed by atoms with Gasteiger partial charge in [0, 0.05) is 5.39 Å². The third-order valence-corrected chi connectivity index (χ3v) is 3.88. The van der Waals surface area contributed by atoms with Crippen LogP contribution in [0.25, 0.3) is 10.8 Å². The average molecular weight is 289 g/mol. The van der Waals surface area contributed by atoms with Gasteiger partial charge in [-0.3, -0.25) is 9.59 Å². The number of phenols is 1. The molecular formula is C18H11NO3. The topological polar surface area (TPSA) is 57.6 Å². The smallest absolute Gasteiger partial charge is 0.266 e. The highest BCUT2D eigenvalue weighted by molar-refractivity contribution is 6.36. The van der Waals surface area contributed by atoms with Gasteiger partial charge in [0.25, 0.3) is 11.8 Å². The van der Waals surface area contributed by atoms with Crippen molar-refractivity contribution in [2.24, 2.45) is 0 Å². The molecule has 2 amide bonds. The Hall–Kier alpha value is -3.14. The first kappa shape index (κ1) is 12.6. The third kappa shape index (κ3) is 1.64. The van der Waals surface area contributed by atoms with E-state index in [-0.39, 0.29) is 17.6 Å². The number of rotatable bonds is 1. The molecule has 1 aliphatic heterocycles. The minimum atomic E-state index is -0.337. The fourth-order valence-corrected chi connectivity index (χ4v) is 2.85. The molecule has 0 radical (unpaired) electrons. The van der Waals surface area contributed by atoms with Crippen LogP contribution in [0.15, 0.2) is 60.7 Å². The van der Waals surface area contributed by atoms with Gasteiger partial charge in [-0.05, 0) is 35.7 Å². The van der Waals surface area contributed by atoms with E-state index in [1.807, 2.05) is 6.07 Å². The first-order valence-electron chi connectivity index (χ1n) is 6.86. The molecule has 106 valence electrons. The largest absolute Gasteiger partial charge is 0.508 e. The van der Waals surface area contributed by atoms with Crippen LogP contribution < -0.4 is 4.90 Å². The number of imide groups is 1. The summed E-state index contributed by atoms with van der Waals surface area (Å²) in [6.45, 7) is 0. The Morgan fingerprint density at radius 2 is 1.45 bits per heavy atom. The van der Waals surface area contributed by atoms with Crippen molar-refractivity contribution >= 4 is 28.3 Å². The summed E-state index contributed by atoms with van der Waals surface area (Å²) in [6, 6.07) is 17.1. The Labute approximate surface area is 126 Å². The van der Waals surface area contributed by atoms with E-state index in [1.54, 1.807) is 54.6 Å². The van der Waals surface area contributed by atoms with Crippen LogP contribution in [0.2, 0.25) is 0 Å². The van der Waals surface area contributed by atoms with Crippen LogP contribution in [0.1, 0.15) is 20.7 Å².